The minimum atomic E-state index is -1.19. The van der Waals surface area contributed by atoms with Gasteiger partial charge in [0.05, 0.1) is 10.7 Å². The van der Waals surface area contributed by atoms with Crippen molar-refractivity contribution in [2.24, 2.45) is 0 Å². The van der Waals surface area contributed by atoms with E-state index in [2.05, 4.69) is 5.32 Å². The lowest BCUT2D eigenvalue weighted by atomic mass is 10.1. The second kappa shape index (κ2) is 6.56. The van der Waals surface area contributed by atoms with Crippen LogP contribution in [0.2, 0.25) is 5.02 Å². The van der Waals surface area contributed by atoms with Gasteiger partial charge in [0.2, 0.25) is 5.91 Å². The molecule has 1 aromatic heterocycles. The second-order valence-corrected chi connectivity index (χ2v) is 5.97. The number of benzene rings is 1. The van der Waals surface area contributed by atoms with Crippen molar-refractivity contribution in [1.29, 1.82) is 0 Å². The molecular weight excluding hydrogens is 310 g/mol. The predicted octanol–water partition coefficient (Wildman–Crippen LogP) is 4.06. The fraction of sp³-hybridized carbons (Fsp3) is 0.0667. The Morgan fingerprint density at radius 1 is 1.29 bits per heavy atom. The number of anilines is 1. The number of carboxylic acid groups (broad SMARTS) is 1. The van der Waals surface area contributed by atoms with Crippen molar-refractivity contribution >= 4 is 46.6 Å². The van der Waals surface area contributed by atoms with Gasteiger partial charge in [-0.05, 0) is 37.3 Å². The van der Waals surface area contributed by atoms with Gasteiger partial charge in [0.15, 0.2) is 0 Å². The average molecular weight is 322 g/mol. The van der Waals surface area contributed by atoms with Crippen LogP contribution in [0.4, 0.5) is 5.69 Å². The highest BCUT2D eigenvalue weighted by molar-refractivity contribution is 7.12. The first-order valence-corrected chi connectivity index (χ1v) is 7.24. The number of aromatic carboxylic acids is 1. The van der Waals surface area contributed by atoms with Crippen LogP contribution < -0.4 is 5.32 Å². The SMILES string of the molecule is Cc1ccc(C=CC(=O)Nc2cccc(Cl)c2C(=O)O)s1. The van der Waals surface area contributed by atoms with Gasteiger partial charge >= 0.3 is 5.97 Å². The lowest BCUT2D eigenvalue weighted by molar-refractivity contribution is -0.111. The van der Waals surface area contributed by atoms with E-state index in [4.69, 9.17) is 16.7 Å². The molecule has 108 valence electrons. The maximum Gasteiger partial charge on any atom is 0.339 e. The van der Waals surface area contributed by atoms with Crippen LogP contribution in [-0.2, 0) is 4.79 Å². The summed E-state index contributed by atoms with van der Waals surface area (Å²) in [5.41, 5.74) is 0.0555. The molecule has 1 aromatic carbocycles. The molecule has 0 fully saturated rings. The topological polar surface area (TPSA) is 66.4 Å². The van der Waals surface area contributed by atoms with Gasteiger partial charge in [0, 0.05) is 15.8 Å². The maximum absolute atomic E-state index is 11.8. The highest BCUT2D eigenvalue weighted by atomic mass is 35.5. The van der Waals surface area contributed by atoms with E-state index in [1.807, 2.05) is 19.1 Å². The minimum Gasteiger partial charge on any atom is -0.478 e. The molecule has 21 heavy (non-hydrogen) atoms. The van der Waals surface area contributed by atoms with Crippen LogP contribution in [0, 0.1) is 6.92 Å². The molecule has 4 nitrogen and oxygen atoms in total. The van der Waals surface area contributed by atoms with E-state index in [0.717, 1.165) is 9.75 Å². The number of aryl methyl sites for hydroxylation is 1. The maximum atomic E-state index is 11.8. The smallest absolute Gasteiger partial charge is 0.339 e. The van der Waals surface area contributed by atoms with Gasteiger partial charge in [-0.25, -0.2) is 4.79 Å². The first kappa shape index (κ1) is 15.3. The Bertz CT molecular complexity index is 721. The normalized spacial score (nSPS) is 10.8. The molecule has 0 unspecified atom stereocenters. The number of hydrogen-bond acceptors (Lipinski definition) is 3. The Morgan fingerprint density at radius 2 is 2.05 bits per heavy atom. The third-order valence-electron chi connectivity index (χ3n) is 2.65. The number of thiophene rings is 1. The Balaban J connectivity index is 2.15. The number of nitrogens with one attached hydrogen (secondary N) is 1. The molecular formula is C15H12ClNO3S. The quantitative estimate of drug-likeness (QED) is 0.834. The molecule has 2 aromatic rings. The third-order valence-corrected chi connectivity index (χ3v) is 3.93. The molecule has 0 aliphatic heterocycles. The minimum absolute atomic E-state index is 0.0816. The van der Waals surface area contributed by atoms with Crippen molar-refractivity contribution < 1.29 is 14.7 Å². The van der Waals surface area contributed by atoms with Crippen LogP contribution in [0.1, 0.15) is 20.1 Å². The molecule has 6 heteroatoms. The average Bonchev–Trinajstić information content (AvgIpc) is 2.82. The molecule has 1 amide bonds. The Hall–Kier alpha value is -2.11. The number of hydrogen-bond donors (Lipinski definition) is 2. The van der Waals surface area contributed by atoms with Crippen LogP contribution in [0.15, 0.2) is 36.4 Å². The van der Waals surface area contributed by atoms with Crippen molar-refractivity contribution in [2.45, 2.75) is 6.92 Å². The summed E-state index contributed by atoms with van der Waals surface area (Å²) < 4.78 is 0. The number of amides is 1. The molecule has 1 heterocycles. The zero-order valence-electron chi connectivity index (χ0n) is 11.1. The molecule has 0 aliphatic rings. The Kier molecular flexibility index (Phi) is 4.77. The highest BCUT2D eigenvalue weighted by Gasteiger charge is 2.15. The number of rotatable bonds is 4. The number of carboxylic acids is 1. The first-order chi connectivity index (χ1) is 9.97. The van der Waals surface area contributed by atoms with E-state index in [1.54, 1.807) is 23.5 Å². The Morgan fingerprint density at radius 3 is 2.67 bits per heavy atom. The van der Waals surface area contributed by atoms with Gasteiger partial charge in [0.25, 0.3) is 0 Å². The fourth-order valence-corrected chi connectivity index (χ4v) is 2.76. The lowest BCUT2D eigenvalue weighted by Gasteiger charge is -2.07. The molecule has 0 saturated carbocycles. The summed E-state index contributed by atoms with van der Waals surface area (Å²) in [6.45, 7) is 1.98. The van der Waals surface area contributed by atoms with Gasteiger partial charge in [-0.15, -0.1) is 11.3 Å². The third kappa shape index (κ3) is 3.93. The number of halogens is 1. The van der Waals surface area contributed by atoms with Gasteiger partial charge in [-0.2, -0.15) is 0 Å². The summed E-state index contributed by atoms with van der Waals surface area (Å²) in [4.78, 5) is 25.1. The summed E-state index contributed by atoms with van der Waals surface area (Å²) in [5.74, 6) is -1.60. The molecule has 0 saturated heterocycles. The highest BCUT2D eigenvalue weighted by Crippen LogP contribution is 2.24. The molecule has 0 bridgehead atoms. The zero-order chi connectivity index (χ0) is 15.4. The van der Waals surface area contributed by atoms with E-state index in [-0.39, 0.29) is 16.3 Å². The molecule has 2 N–H and O–H groups in total. The van der Waals surface area contributed by atoms with Crippen molar-refractivity contribution in [2.75, 3.05) is 5.32 Å². The Labute approximate surface area is 130 Å². The van der Waals surface area contributed by atoms with Gasteiger partial charge in [-0.1, -0.05) is 17.7 Å². The summed E-state index contributed by atoms with van der Waals surface area (Å²) in [5, 5.41) is 11.7. The van der Waals surface area contributed by atoms with Crippen LogP contribution in [-0.4, -0.2) is 17.0 Å². The van der Waals surface area contributed by atoms with Crippen molar-refractivity contribution in [3.63, 3.8) is 0 Å². The van der Waals surface area contributed by atoms with Gasteiger partial charge in [0.1, 0.15) is 5.56 Å². The summed E-state index contributed by atoms with van der Waals surface area (Å²) in [7, 11) is 0. The molecule has 0 atom stereocenters. The largest absolute Gasteiger partial charge is 0.478 e. The van der Waals surface area contributed by atoms with Crippen molar-refractivity contribution in [1.82, 2.24) is 0 Å². The second-order valence-electron chi connectivity index (χ2n) is 4.24. The van der Waals surface area contributed by atoms with E-state index in [1.165, 1.54) is 18.2 Å². The van der Waals surface area contributed by atoms with E-state index < -0.39 is 11.9 Å². The first-order valence-electron chi connectivity index (χ1n) is 6.04. The number of carbonyl (C=O) groups is 2. The van der Waals surface area contributed by atoms with Crippen molar-refractivity contribution in [3.05, 3.63) is 56.7 Å². The monoisotopic (exact) mass is 321 g/mol. The molecule has 0 spiro atoms. The van der Waals surface area contributed by atoms with E-state index in [9.17, 15) is 9.59 Å². The van der Waals surface area contributed by atoms with Crippen LogP contribution in [0.25, 0.3) is 6.08 Å². The summed E-state index contributed by atoms with van der Waals surface area (Å²) >= 11 is 7.40. The zero-order valence-corrected chi connectivity index (χ0v) is 12.7. The van der Waals surface area contributed by atoms with Crippen LogP contribution >= 0.6 is 22.9 Å². The van der Waals surface area contributed by atoms with E-state index in [0.29, 0.717) is 0 Å². The molecule has 2 rings (SSSR count). The number of carbonyl (C=O) groups excluding carboxylic acids is 1. The predicted molar refractivity (Wildman–Crippen MR) is 85.1 cm³/mol. The van der Waals surface area contributed by atoms with Crippen LogP contribution in [0.3, 0.4) is 0 Å². The van der Waals surface area contributed by atoms with E-state index >= 15 is 0 Å². The standard InChI is InChI=1S/C15H12ClNO3S/c1-9-5-6-10(21-9)7-8-13(18)17-12-4-2-3-11(16)14(12)15(19)20/h2-8H,1H3,(H,17,18)(H,19,20). The van der Waals surface area contributed by atoms with Crippen molar-refractivity contribution in [3.8, 4) is 0 Å². The van der Waals surface area contributed by atoms with Gasteiger partial charge in [-0.3, -0.25) is 4.79 Å². The summed E-state index contributed by atoms with van der Waals surface area (Å²) in [6.07, 6.45) is 3.04. The lowest BCUT2D eigenvalue weighted by Crippen LogP contribution is -2.12. The molecule has 0 aliphatic carbocycles. The van der Waals surface area contributed by atoms with Crippen LogP contribution in [0.5, 0.6) is 0 Å². The fourth-order valence-electron chi connectivity index (χ4n) is 1.72. The van der Waals surface area contributed by atoms with Gasteiger partial charge < -0.3 is 10.4 Å². The molecule has 0 radical (unpaired) electrons. The summed E-state index contributed by atoms with van der Waals surface area (Å²) in [6, 6.07) is 8.41.